The molecule has 0 aliphatic heterocycles. The van der Waals surface area contributed by atoms with Crippen molar-refractivity contribution in [3.05, 3.63) is 52.8 Å². The van der Waals surface area contributed by atoms with Gasteiger partial charge in [0.05, 0.1) is 15.1 Å². The van der Waals surface area contributed by atoms with Crippen LogP contribution in [0, 0.1) is 5.82 Å². The molecule has 0 fully saturated rings. The Labute approximate surface area is 193 Å². The van der Waals surface area contributed by atoms with Crippen molar-refractivity contribution in [3.63, 3.8) is 0 Å². The second kappa shape index (κ2) is 10.2. The number of amides is 1. The Kier molecular flexibility index (Phi) is 7.79. The first kappa shape index (κ1) is 23.8. The molecular formula is C21H23BrFN3O3S2. The highest BCUT2D eigenvalue weighted by atomic mass is 79.9. The van der Waals surface area contributed by atoms with Crippen LogP contribution in [0.4, 0.5) is 9.52 Å². The summed E-state index contributed by atoms with van der Waals surface area (Å²) in [5.74, 6) is -1.81. The SMILES string of the molecule is CCN(CC)CCN(C(=O)CS(=O)(=O)c1ccc(F)cc1)c1nc2ccc(Br)cc2s1. The van der Waals surface area contributed by atoms with Crippen LogP contribution in [0.2, 0.25) is 0 Å². The van der Waals surface area contributed by atoms with Crippen molar-refractivity contribution in [1.29, 1.82) is 0 Å². The largest absolute Gasteiger partial charge is 0.302 e. The highest BCUT2D eigenvalue weighted by Gasteiger charge is 2.27. The highest BCUT2D eigenvalue weighted by Crippen LogP contribution is 2.31. The van der Waals surface area contributed by atoms with Crippen LogP contribution in [-0.2, 0) is 14.6 Å². The van der Waals surface area contributed by atoms with Gasteiger partial charge in [0.1, 0.15) is 11.6 Å². The van der Waals surface area contributed by atoms with Crippen molar-refractivity contribution in [2.45, 2.75) is 18.7 Å². The summed E-state index contributed by atoms with van der Waals surface area (Å²) in [6, 6.07) is 10.1. The third kappa shape index (κ3) is 5.88. The number of rotatable bonds is 9. The maximum absolute atomic E-state index is 13.2. The molecule has 31 heavy (non-hydrogen) atoms. The number of aromatic nitrogens is 1. The molecule has 0 N–H and O–H groups in total. The third-order valence-corrected chi connectivity index (χ3v) is 8.04. The standard InChI is InChI=1S/C21H23BrFN3O3S2/c1-3-25(4-2)11-12-26(21-24-18-10-5-15(22)13-19(18)30-21)20(27)14-31(28,29)17-8-6-16(23)7-9-17/h5-10,13H,3-4,11-12,14H2,1-2H3. The highest BCUT2D eigenvalue weighted by molar-refractivity contribution is 9.10. The van der Waals surface area contributed by atoms with Gasteiger partial charge in [-0.3, -0.25) is 9.69 Å². The van der Waals surface area contributed by atoms with E-state index < -0.39 is 27.3 Å². The second-order valence-corrected chi connectivity index (χ2v) is 10.8. The quantitative estimate of drug-likeness (QED) is 0.387. The van der Waals surface area contributed by atoms with Crippen molar-refractivity contribution in [1.82, 2.24) is 9.88 Å². The molecule has 10 heteroatoms. The minimum absolute atomic E-state index is 0.0841. The van der Waals surface area contributed by atoms with Gasteiger partial charge in [-0.2, -0.15) is 0 Å². The van der Waals surface area contributed by atoms with E-state index in [1.165, 1.54) is 28.4 Å². The van der Waals surface area contributed by atoms with E-state index in [9.17, 15) is 17.6 Å². The zero-order chi connectivity index (χ0) is 22.6. The molecule has 0 spiro atoms. The smallest absolute Gasteiger partial charge is 0.244 e. The van der Waals surface area contributed by atoms with Gasteiger partial charge in [-0.05, 0) is 55.6 Å². The number of hydrogen-bond donors (Lipinski definition) is 0. The van der Waals surface area contributed by atoms with Crippen LogP contribution in [0.25, 0.3) is 10.2 Å². The summed E-state index contributed by atoms with van der Waals surface area (Å²) >= 11 is 4.77. The number of likely N-dealkylation sites (N-methyl/N-ethyl adjacent to an activating group) is 1. The molecule has 1 heterocycles. The number of anilines is 1. The summed E-state index contributed by atoms with van der Waals surface area (Å²) in [4.78, 5) is 21.2. The first-order valence-electron chi connectivity index (χ1n) is 9.80. The van der Waals surface area contributed by atoms with Crippen molar-refractivity contribution < 1.29 is 17.6 Å². The lowest BCUT2D eigenvalue weighted by molar-refractivity contribution is -0.116. The van der Waals surface area contributed by atoms with Crippen molar-refractivity contribution in [2.24, 2.45) is 0 Å². The van der Waals surface area contributed by atoms with Gasteiger partial charge in [0.15, 0.2) is 15.0 Å². The van der Waals surface area contributed by atoms with Crippen LogP contribution in [0.5, 0.6) is 0 Å². The van der Waals surface area contributed by atoms with Crippen LogP contribution < -0.4 is 4.90 Å². The fraction of sp³-hybridized carbons (Fsp3) is 0.333. The third-order valence-electron chi connectivity index (χ3n) is 4.89. The minimum Gasteiger partial charge on any atom is -0.302 e. The topological polar surface area (TPSA) is 70.6 Å². The Bertz CT molecular complexity index is 1160. The molecule has 166 valence electrons. The number of sulfone groups is 1. The number of carbonyl (C=O) groups excluding carboxylic acids is 1. The van der Waals surface area contributed by atoms with Gasteiger partial charge in [-0.15, -0.1) is 0 Å². The van der Waals surface area contributed by atoms with Crippen molar-refractivity contribution >= 4 is 58.4 Å². The zero-order valence-electron chi connectivity index (χ0n) is 17.2. The first-order chi connectivity index (χ1) is 14.7. The van der Waals surface area contributed by atoms with Crippen LogP contribution in [-0.4, -0.2) is 56.1 Å². The molecule has 0 saturated heterocycles. The summed E-state index contributed by atoms with van der Waals surface area (Å²) in [5.41, 5.74) is 0.741. The predicted octanol–water partition coefficient (Wildman–Crippen LogP) is 4.35. The molecule has 0 unspecified atom stereocenters. The van der Waals surface area contributed by atoms with Gasteiger partial charge < -0.3 is 4.90 Å². The lowest BCUT2D eigenvalue weighted by Gasteiger charge is -2.24. The lowest BCUT2D eigenvalue weighted by atomic mass is 10.3. The molecule has 1 amide bonds. The van der Waals surface area contributed by atoms with Crippen LogP contribution >= 0.6 is 27.3 Å². The molecule has 0 atom stereocenters. The van der Waals surface area contributed by atoms with Crippen LogP contribution in [0.15, 0.2) is 51.8 Å². The normalized spacial score (nSPS) is 11.9. The molecule has 6 nitrogen and oxygen atoms in total. The summed E-state index contributed by atoms with van der Waals surface area (Å²) in [7, 11) is -3.92. The fourth-order valence-corrected chi connectivity index (χ4v) is 5.83. The number of nitrogens with zero attached hydrogens (tertiary/aromatic N) is 3. The van der Waals surface area contributed by atoms with E-state index >= 15 is 0 Å². The number of halogens is 2. The van der Waals surface area contributed by atoms with Crippen LogP contribution in [0.1, 0.15) is 13.8 Å². The van der Waals surface area contributed by atoms with Gasteiger partial charge in [0.25, 0.3) is 0 Å². The second-order valence-electron chi connectivity index (χ2n) is 6.89. The fourth-order valence-electron chi connectivity index (χ4n) is 3.08. The Morgan fingerprint density at radius 3 is 2.42 bits per heavy atom. The molecule has 0 aliphatic rings. The van der Waals surface area contributed by atoms with Gasteiger partial charge in [0.2, 0.25) is 5.91 Å². The maximum atomic E-state index is 13.2. The van der Waals surface area contributed by atoms with E-state index in [0.29, 0.717) is 18.2 Å². The molecule has 0 saturated carbocycles. The average Bonchev–Trinajstić information content (AvgIpc) is 3.13. The molecular weight excluding hydrogens is 505 g/mol. The Morgan fingerprint density at radius 1 is 1.10 bits per heavy atom. The average molecular weight is 528 g/mol. The van der Waals surface area contributed by atoms with E-state index in [1.54, 1.807) is 0 Å². The van der Waals surface area contributed by atoms with E-state index in [4.69, 9.17) is 0 Å². The Balaban J connectivity index is 1.90. The summed E-state index contributed by atoms with van der Waals surface area (Å²) in [6.45, 7) is 6.61. The number of benzene rings is 2. The molecule has 0 bridgehead atoms. The summed E-state index contributed by atoms with van der Waals surface area (Å²) in [5, 5.41) is 0.458. The van der Waals surface area contributed by atoms with Gasteiger partial charge in [-0.25, -0.2) is 17.8 Å². The molecule has 0 radical (unpaired) electrons. The zero-order valence-corrected chi connectivity index (χ0v) is 20.4. The summed E-state index contributed by atoms with van der Waals surface area (Å²) < 4.78 is 40.5. The first-order valence-corrected chi connectivity index (χ1v) is 13.1. The molecule has 3 aromatic rings. The molecule has 0 aliphatic carbocycles. The Morgan fingerprint density at radius 2 is 1.77 bits per heavy atom. The number of fused-ring (bicyclic) bond motifs is 1. The Hall–Kier alpha value is -1.88. The number of carbonyl (C=O) groups is 1. The van der Waals surface area contributed by atoms with Crippen molar-refractivity contribution in [3.8, 4) is 0 Å². The number of thiazole rings is 1. The number of hydrogen-bond acceptors (Lipinski definition) is 6. The minimum atomic E-state index is -3.92. The predicted molar refractivity (Wildman–Crippen MR) is 126 cm³/mol. The van der Waals surface area contributed by atoms with E-state index in [1.807, 2.05) is 32.0 Å². The van der Waals surface area contributed by atoms with E-state index in [-0.39, 0.29) is 4.90 Å². The molecule has 2 aromatic carbocycles. The van der Waals surface area contributed by atoms with Crippen molar-refractivity contribution in [2.75, 3.05) is 36.8 Å². The monoisotopic (exact) mass is 527 g/mol. The molecule has 1 aromatic heterocycles. The van der Waals surface area contributed by atoms with Gasteiger partial charge in [-0.1, -0.05) is 41.1 Å². The van der Waals surface area contributed by atoms with Gasteiger partial charge in [0, 0.05) is 17.6 Å². The van der Waals surface area contributed by atoms with E-state index in [0.717, 1.165) is 39.9 Å². The van der Waals surface area contributed by atoms with Gasteiger partial charge >= 0.3 is 0 Å². The van der Waals surface area contributed by atoms with E-state index in [2.05, 4.69) is 25.8 Å². The van der Waals surface area contributed by atoms with Crippen LogP contribution in [0.3, 0.4) is 0 Å². The maximum Gasteiger partial charge on any atom is 0.244 e. The summed E-state index contributed by atoms with van der Waals surface area (Å²) in [6.07, 6.45) is 0. The lowest BCUT2D eigenvalue weighted by Crippen LogP contribution is -2.41. The molecule has 3 rings (SSSR count).